The molecule has 0 saturated carbocycles. The quantitative estimate of drug-likeness (QED) is 0.386. The van der Waals surface area contributed by atoms with Gasteiger partial charge in [-0.2, -0.15) is 0 Å². The standard InChI is InChI=1S/C16H33BrSi4/c1-18(2,3)21(19(4,5)6,20(7,8)9)16(17)15-13-11-10-12-14-15/h10-14,16H,1-9H3. The van der Waals surface area contributed by atoms with Crippen molar-refractivity contribution in [2.75, 3.05) is 0 Å². The van der Waals surface area contributed by atoms with Crippen molar-refractivity contribution in [3.63, 3.8) is 0 Å². The van der Waals surface area contributed by atoms with E-state index in [-0.39, 0.29) is 0 Å². The molecule has 0 N–H and O–H groups in total. The van der Waals surface area contributed by atoms with Crippen LogP contribution in [0.2, 0.25) is 58.9 Å². The fraction of sp³-hybridized carbons (Fsp3) is 0.625. The molecule has 0 amide bonds. The second kappa shape index (κ2) is 6.23. The van der Waals surface area contributed by atoms with Crippen molar-refractivity contribution < 1.29 is 0 Å². The molecule has 0 aromatic heterocycles. The molecule has 0 saturated heterocycles. The Bertz CT molecular complexity index is 430. The smallest absolute Gasteiger partial charge is 0.0583 e. The predicted molar refractivity (Wildman–Crippen MR) is 114 cm³/mol. The molecule has 21 heavy (non-hydrogen) atoms. The average molecular weight is 418 g/mol. The molecule has 0 nitrogen and oxygen atoms in total. The van der Waals surface area contributed by atoms with Gasteiger partial charge in [0.15, 0.2) is 0 Å². The number of benzene rings is 1. The summed E-state index contributed by atoms with van der Waals surface area (Å²) in [4.78, 5) is 0. The molecule has 5 heteroatoms. The first kappa shape index (κ1) is 19.6. The van der Waals surface area contributed by atoms with Crippen LogP contribution < -0.4 is 0 Å². The van der Waals surface area contributed by atoms with Crippen molar-refractivity contribution in [3.8, 4) is 0 Å². The van der Waals surface area contributed by atoms with Gasteiger partial charge in [-0.1, -0.05) is 105 Å². The van der Waals surface area contributed by atoms with E-state index < -0.39 is 29.4 Å². The van der Waals surface area contributed by atoms with E-state index in [9.17, 15) is 0 Å². The lowest BCUT2D eigenvalue weighted by molar-refractivity contribution is 1.34. The third-order valence-electron chi connectivity index (χ3n) is 5.02. The zero-order chi connectivity index (χ0) is 16.7. The maximum Gasteiger partial charge on any atom is 0.0583 e. The Kier molecular flexibility index (Phi) is 5.81. The first-order chi connectivity index (χ1) is 9.27. The number of rotatable bonds is 5. The molecule has 0 radical (unpaired) electrons. The fourth-order valence-electron chi connectivity index (χ4n) is 5.39. The van der Waals surface area contributed by atoms with Crippen LogP contribution in [0.1, 0.15) is 10.0 Å². The molecule has 1 atom stereocenters. The molecule has 0 spiro atoms. The zero-order valence-electron chi connectivity index (χ0n) is 15.3. The van der Waals surface area contributed by atoms with Gasteiger partial charge in [-0.3, -0.25) is 0 Å². The summed E-state index contributed by atoms with van der Waals surface area (Å²) in [6.07, 6.45) is 0. The highest BCUT2D eigenvalue weighted by molar-refractivity contribution is 9.10. The molecule has 0 fully saturated rings. The Hall–Kier alpha value is 0.568. The third-order valence-corrected chi connectivity index (χ3v) is 84.0. The van der Waals surface area contributed by atoms with E-state index in [1.807, 2.05) is 0 Å². The summed E-state index contributed by atoms with van der Waals surface area (Å²) >= 11 is 4.28. The van der Waals surface area contributed by atoms with Crippen molar-refractivity contribution in [1.82, 2.24) is 0 Å². The minimum absolute atomic E-state index is 0.635. The van der Waals surface area contributed by atoms with Crippen LogP contribution in [0, 0.1) is 0 Å². The average Bonchev–Trinajstić information content (AvgIpc) is 2.24. The van der Waals surface area contributed by atoms with E-state index in [0.29, 0.717) is 4.45 Å². The van der Waals surface area contributed by atoms with Gasteiger partial charge in [-0.15, -0.1) is 0 Å². The summed E-state index contributed by atoms with van der Waals surface area (Å²) in [5.74, 6) is 0. The van der Waals surface area contributed by atoms with Crippen molar-refractivity contribution in [2.24, 2.45) is 0 Å². The Morgan fingerprint density at radius 1 is 0.667 bits per heavy atom. The summed E-state index contributed by atoms with van der Waals surface area (Å²) < 4.78 is 0.635. The summed E-state index contributed by atoms with van der Waals surface area (Å²) in [6.45, 7) is 22.5. The molecule has 120 valence electrons. The van der Waals surface area contributed by atoms with Gasteiger partial charge in [0.25, 0.3) is 0 Å². The van der Waals surface area contributed by atoms with Crippen molar-refractivity contribution in [3.05, 3.63) is 35.9 Å². The monoisotopic (exact) mass is 416 g/mol. The summed E-state index contributed by atoms with van der Waals surface area (Å²) in [5.41, 5.74) is 1.54. The van der Waals surface area contributed by atoms with Gasteiger partial charge in [0.05, 0.1) is 6.63 Å². The first-order valence-electron chi connectivity index (χ1n) is 7.96. The lowest BCUT2D eigenvalue weighted by Gasteiger charge is -2.60. The molecule has 1 aromatic rings. The number of hydrogen-bond acceptors (Lipinski definition) is 0. The van der Waals surface area contributed by atoms with Crippen LogP contribution in [0.15, 0.2) is 30.3 Å². The van der Waals surface area contributed by atoms with Crippen LogP contribution in [0.3, 0.4) is 0 Å². The zero-order valence-corrected chi connectivity index (χ0v) is 20.9. The molecule has 0 aliphatic heterocycles. The number of alkyl halides is 1. The SMILES string of the molecule is C[Si](C)(C)[Si](C(Br)c1ccccc1)([Si](C)(C)C)[Si](C)(C)C. The Balaban J connectivity index is 3.67. The molecule has 0 bridgehead atoms. The van der Waals surface area contributed by atoms with Crippen LogP contribution in [0.25, 0.3) is 0 Å². The highest BCUT2D eigenvalue weighted by atomic mass is 79.9. The van der Waals surface area contributed by atoms with Crippen molar-refractivity contribution >= 4 is 45.3 Å². The second-order valence-electron chi connectivity index (χ2n) is 9.33. The number of hydrogen-bond donors (Lipinski definition) is 0. The molecule has 0 aliphatic rings. The maximum absolute atomic E-state index is 4.28. The molecule has 1 aromatic carbocycles. The van der Waals surface area contributed by atoms with Gasteiger partial charge in [0.2, 0.25) is 0 Å². The van der Waals surface area contributed by atoms with Crippen LogP contribution in [0.5, 0.6) is 0 Å². The van der Waals surface area contributed by atoms with Gasteiger partial charge in [0.1, 0.15) is 0 Å². The molecule has 0 heterocycles. The Labute approximate surface area is 144 Å². The highest BCUT2D eigenvalue weighted by Gasteiger charge is 2.64. The Morgan fingerprint density at radius 3 is 1.29 bits per heavy atom. The summed E-state index contributed by atoms with van der Waals surface area (Å²) in [5, 5.41) is 0. The predicted octanol–water partition coefficient (Wildman–Crippen LogP) is 6.36. The van der Waals surface area contributed by atoms with Crippen molar-refractivity contribution in [2.45, 2.75) is 63.4 Å². The number of halogens is 1. The van der Waals surface area contributed by atoms with Crippen molar-refractivity contribution in [1.29, 1.82) is 0 Å². The van der Waals surface area contributed by atoms with Gasteiger partial charge >= 0.3 is 0 Å². The molecular weight excluding hydrogens is 384 g/mol. The van der Waals surface area contributed by atoms with Gasteiger partial charge < -0.3 is 0 Å². The van der Waals surface area contributed by atoms with E-state index in [0.717, 1.165) is 0 Å². The van der Waals surface area contributed by atoms with Gasteiger partial charge in [0, 0.05) is 27.2 Å². The van der Waals surface area contributed by atoms with Gasteiger partial charge in [-0.25, -0.2) is 0 Å². The molecule has 0 aliphatic carbocycles. The maximum atomic E-state index is 4.28. The van der Waals surface area contributed by atoms with E-state index in [4.69, 9.17) is 0 Å². The third kappa shape index (κ3) is 3.41. The van der Waals surface area contributed by atoms with E-state index in [1.165, 1.54) is 5.56 Å². The van der Waals surface area contributed by atoms with Crippen LogP contribution in [-0.4, -0.2) is 29.4 Å². The Morgan fingerprint density at radius 2 is 1.00 bits per heavy atom. The molecular formula is C16H33BrSi4. The molecule has 1 rings (SSSR count). The molecule has 1 unspecified atom stereocenters. The minimum atomic E-state index is -1.41. The second-order valence-corrected chi connectivity index (χ2v) is 51.9. The van der Waals surface area contributed by atoms with E-state index in [2.05, 4.69) is 105 Å². The fourth-order valence-corrected chi connectivity index (χ4v) is 123. The normalized spacial score (nSPS) is 15.9. The van der Waals surface area contributed by atoms with Crippen LogP contribution >= 0.6 is 15.9 Å². The highest BCUT2D eigenvalue weighted by Crippen LogP contribution is 2.48. The summed E-state index contributed by atoms with van der Waals surface area (Å²) in [6, 6.07) is 11.3. The van der Waals surface area contributed by atoms with Gasteiger partial charge in [-0.05, 0) is 5.56 Å². The van der Waals surface area contributed by atoms with E-state index >= 15 is 0 Å². The lowest BCUT2D eigenvalue weighted by Crippen LogP contribution is -2.84. The van der Waals surface area contributed by atoms with Crippen LogP contribution in [-0.2, 0) is 0 Å². The summed E-state index contributed by atoms with van der Waals surface area (Å²) in [7, 11) is -3.71. The topological polar surface area (TPSA) is 0 Å². The minimum Gasteiger partial charge on any atom is -0.0883 e. The lowest BCUT2D eigenvalue weighted by atomic mass is 10.2. The van der Waals surface area contributed by atoms with Crippen LogP contribution in [0.4, 0.5) is 0 Å². The van der Waals surface area contributed by atoms with E-state index in [1.54, 1.807) is 0 Å². The largest absolute Gasteiger partial charge is 0.0883 e. The first-order valence-corrected chi connectivity index (χ1v) is 24.4.